The molecular formula is C14H18O2. The van der Waals surface area contributed by atoms with Crippen LogP contribution in [0.5, 0.6) is 0 Å². The Bertz CT molecular complexity index is 364. The summed E-state index contributed by atoms with van der Waals surface area (Å²) >= 11 is 0. The summed E-state index contributed by atoms with van der Waals surface area (Å²) in [6.45, 7) is 4.37. The fourth-order valence-corrected chi connectivity index (χ4v) is 1.54. The zero-order chi connectivity index (χ0) is 11.8. The van der Waals surface area contributed by atoms with Gasteiger partial charge in [0, 0.05) is 12.0 Å². The molecule has 1 rings (SSSR count). The molecule has 1 atom stereocenters. The van der Waals surface area contributed by atoms with Gasteiger partial charge in [0.05, 0.1) is 6.61 Å². The van der Waals surface area contributed by atoms with Crippen LogP contribution in [0.4, 0.5) is 0 Å². The second kappa shape index (κ2) is 6.90. The Morgan fingerprint density at radius 1 is 1.56 bits per heavy atom. The summed E-state index contributed by atoms with van der Waals surface area (Å²) in [4.78, 5) is 11.2. The topological polar surface area (TPSA) is 26.3 Å². The van der Waals surface area contributed by atoms with Crippen LogP contribution in [0, 0.1) is 5.92 Å². The molecule has 1 aliphatic carbocycles. The number of rotatable bonds is 6. The molecule has 0 fully saturated rings. The normalized spacial score (nSPS) is 14.8. The lowest BCUT2D eigenvalue weighted by atomic mass is 9.98. The van der Waals surface area contributed by atoms with Crippen molar-refractivity contribution >= 4 is 5.97 Å². The van der Waals surface area contributed by atoms with Crippen molar-refractivity contribution in [1.82, 2.24) is 0 Å². The predicted octanol–water partition coefficient (Wildman–Crippen LogP) is 3.16. The molecule has 16 heavy (non-hydrogen) atoms. The van der Waals surface area contributed by atoms with Crippen LogP contribution in [0.15, 0.2) is 35.3 Å². The Morgan fingerprint density at radius 2 is 2.38 bits per heavy atom. The minimum Gasteiger partial charge on any atom is -0.466 e. The number of ether oxygens (including phenoxy) is 1. The van der Waals surface area contributed by atoms with E-state index in [1.807, 2.05) is 25.2 Å². The molecule has 0 saturated carbocycles. The summed E-state index contributed by atoms with van der Waals surface area (Å²) in [7, 11) is 0. The average molecular weight is 218 g/mol. The highest BCUT2D eigenvalue weighted by atomic mass is 16.5. The van der Waals surface area contributed by atoms with E-state index in [4.69, 9.17) is 4.74 Å². The molecule has 0 N–H and O–H groups in total. The van der Waals surface area contributed by atoms with Crippen LogP contribution >= 0.6 is 0 Å². The lowest BCUT2D eigenvalue weighted by molar-refractivity contribution is -0.144. The first-order valence-electron chi connectivity index (χ1n) is 5.75. The summed E-state index contributed by atoms with van der Waals surface area (Å²) in [5.74, 6) is 0.256. The Balaban J connectivity index is 2.27. The Kier molecular flexibility index (Phi) is 5.42. The molecular weight excluding hydrogens is 200 g/mol. The number of hydrogen-bond donors (Lipinski definition) is 0. The Hall–Kier alpha value is -1.49. The molecule has 0 amide bonds. The van der Waals surface area contributed by atoms with Crippen LogP contribution in [0.3, 0.4) is 0 Å². The summed E-state index contributed by atoms with van der Waals surface area (Å²) in [6.07, 6.45) is 8.26. The smallest absolute Gasteiger partial charge is 0.306 e. The molecule has 0 heterocycles. The van der Waals surface area contributed by atoms with Gasteiger partial charge in [-0.05, 0) is 31.8 Å². The molecule has 0 radical (unpaired) electrons. The van der Waals surface area contributed by atoms with Crippen LogP contribution in [0.1, 0.15) is 33.1 Å². The van der Waals surface area contributed by atoms with Gasteiger partial charge < -0.3 is 4.74 Å². The number of allylic oxidation sites excluding steroid dienone is 4. The van der Waals surface area contributed by atoms with Gasteiger partial charge in [-0.1, -0.05) is 30.5 Å². The van der Waals surface area contributed by atoms with E-state index in [0.29, 0.717) is 18.9 Å². The minimum atomic E-state index is -0.0985. The molecule has 2 heteroatoms. The fraction of sp³-hybridized carbons (Fsp3) is 0.500. The summed E-state index contributed by atoms with van der Waals surface area (Å²) in [5, 5.41) is 0. The first kappa shape index (κ1) is 12.6. The molecule has 0 aromatic heterocycles. The van der Waals surface area contributed by atoms with E-state index in [1.165, 1.54) is 0 Å². The molecule has 0 spiro atoms. The first-order chi connectivity index (χ1) is 7.72. The van der Waals surface area contributed by atoms with E-state index >= 15 is 0 Å². The maximum atomic E-state index is 11.2. The van der Waals surface area contributed by atoms with Gasteiger partial charge in [-0.25, -0.2) is 0 Å². The second-order valence-electron chi connectivity index (χ2n) is 3.97. The number of carbonyl (C=O) groups is 1. The first-order valence-corrected chi connectivity index (χ1v) is 5.75. The molecule has 2 nitrogen and oxygen atoms in total. The van der Waals surface area contributed by atoms with Gasteiger partial charge in [-0.15, -0.1) is 0 Å². The molecule has 0 aromatic carbocycles. The number of carbonyl (C=O) groups excluding carboxylic acids is 1. The molecule has 1 unspecified atom stereocenters. The van der Waals surface area contributed by atoms with E-state index < -0.39 is 0 Å². The van der Waals surface area contributed by atoms with Gasteiger partial charge in [0.1, 0.15) is 0 Å². The third-order valence-electron chi connectivity index (χ3n) is 2.44. The second-order valence-corrected chi connectivity index (χ2v) is 3.97. The number of hydrogen-bond acceptors (Lipinski definition) is 2. The van der Waals surface area contributed by atoms with E-state index in [-0.39, 0.29) is 5.97 Å². The van der Waals surface area contributed by atoms with Gasteiger partial charge in [-0.3, -0.25) is 4.79 Å². The van der Waals surface area contributed by atoms with Crippen LogP contribution < -0.4 is 0 Å². The zero-order valence-electron chi connectivity index (χ0n) is 9.95. The molecule has 0 aliphatic heterocycles. The third kappa shape index (κ3) is 4.84. The highest BCUT2D eigenvalue weighted by Crippen LogP contribution is 2.16. The van der Waals surface area contributed by atoms with Gasteiger partial charge in [-0.2, -0.15) is 0 Å². The summed E-state index contributed by atoms with van der Waals surface area (Å²) < 4.78 is 4.91. The zero-order valence-corrected chi connectivity index (χ0v) is 9.95. The van der Waals surface area contributed by atoms with Gasteiger partial charge in [0.15, 0.2) is 0 Å². The van der Waals surface area contributed by atoms with Crippen LogP contribution in [-0.4, -0.2) is 12.6 Å². The maximum absolute atomic E-state index is 11.2. The predicted molar refractivity (Wildman–Crippen MR) is 63.9 cm³/mol. The van der Waals surface area contributed by atoms with Crippen LogP contribution in [-0.2, 0) is 9.53 Å². The Morgan fingerprint density at radius 3 is 3.00 bits per heavy atom. The van der Waals surface area contributed by atoms with Gasteiger partial charge in [0.25, 0.3) is 0 Å². The highest BCUT2D eigenvalue weighted by Gasteiger charge is 2.10. The molecule has 0 aromatic rings. The van der Waals surface area contributed by atoms with Crippen molar-refractivity contribution in [3.8, 4) is 0 Å². The lowest BCUT2D eigenvalue weighted by Crippen LogP contribution is -2.09. The average Bonchev–Trinajstić information content (AvgIpc) is 2.28. The van der Waals surface area contributed by atoms with Crippen LogP contribution in [0.2, 0.25) is 0 Å². The van der Waals surface area contributed by atoms with Crippen molar-refractivity contribution < 1.29 is 9.53 Å². The van der Waals surface area contributed by atoms with Crippen molar-refractivity contribution in [2.45, 2.75) is 33.1 Å². The lowest BCUT2D eigenvalue weighted by Gasteiger charge is -2.10. The highest BCUT2D eigenvalue weighted by molar-refractivity contribution is 5.69. The molecule has 86 valence electrons. The third-order valence-corrected chi connectivity index (χ3v) is 2.44. The van der Waals surface area contributed by atoms with Crippen molar-refractivity contribution in [2.75, 3.05) is 6.61 Å². The van der Waals surface area contributed by atoms with Crippen molar-refractivity contribution in [3.63, 3.8) is 0 Å². The molecule has 1 aliphatic rings. The summed E-state index contributed by atoms with van der Waals surface area (Å²) in [6, 6.07) is 0. The standard InChI is InChI=1S/C14H18O2/c1-3-16-14(15)11-12(2)9-10-13-7-5-4-6-8-13/h4-5,7,12H,3,9-11H2,1-2H3. The monoisotopic (exact) mass is 218 g/mol. The fourth-order valence-electron chi connectivity index (χ4n) is 1.54. The van der Waals surface area contributed by atoms with E-state index in [2.05, 4.69) is 18.4 Å². The van der Waals surface area contributed by atoms with E-state index in [9.17, 15) is 4.79 Å². The maximum Gasteiger partial charge on any atom is 0.306 e. The van der Waals surface area contributed by atoms with Gasteiger partial charge in [0.2, 0.25) is 0 Å². The van der Waals surface area contributed by atoms with Crippen molar-refractivity contribution in [1.29, 1.82) is 0 Å². The molecule has 0 saturated heterocycles. The molecule has 0 bridgehead atoms. The van der Waals surface area contributed by atoms with Gasteiger partial charge >= 0.3 is 5.97 Å². The minimum absolute atomic E-state index is 0.0985. The van der Waals surface area contributed by atoms with E-state index in [1.54, 1.807) is 0 Å². The van der Waals surface area contributed by atoms with Crippen molar-refractivity contribution in [2.24, 2.45) is 5.92 Å². The Labute approximate surface area is 97.0 Å². The van der Waals surface area contributed by atoms with Crippen molar-refractivity contribution in [3.05, 3.63) is 35.3 Å². The van der Waals surface area contributed by atoms with Crippen LogP contribution in [0.25, 0.3) is 0 Å². The SMILES string of the molecule is CCOC(=O)CC(C)CCC1=C=C=CC=C1. The number of esters is 1. The summed E-state index contributed by atoms with van der Waals surface area (Å²) in [5.41, 5.74) is 7.14. The van der Waals surface area contributed by atoms with E-state index in [0.717, 1.165) is 18.4 Å². The largest absolute Gasteiger partial charge is 0.466 e. The quantitative estimate of drug-likeness (QED) is 0.505.